The Morgan fingerprint density at radius 2 is 2.22 bits per heavy atom. The molecule has 0 aromatic heterocycles. The zero-order chi connectivity index (χ0) is 6.48. The fourth-order valence-corrected chi connectivity index (χ4v) is 2.83. The van der Waals surface area contributed by atoms with Gasteiger partial charge in [-0.3, -0.25) is 0 Å². The zero-order valence-corrected chi connectivity index (χ0v) is 6.48. The van der Waals surface area contributed by atoms with E-state index in [2.05, 4.69) is 13.8 Å². The van der Waals surface area contributed by atoms with Gasteiger partial charge >= 0.3 is 0 Å². The van der Waals surface area contributed by atoms with Crippen LogP contribution in [0.2, 0.25) is 0 Å². The molecule has 0 nitrogen and oxygen atoms in total. The Kier molecular flexibility index (Phi) is 0.980. The highest BCUT2D eigenvalue weighted by Crippen LogP contribution is 2.56. The Hall–Kier alpha value is 0. The van der Waals surface area contributed by atoms with Crippen LogP contribution in [0.3, 0.4) is 0 Å². The molecule has 0 spiro atoms. The molecule has 0 saturated heterocycles. The van der Waals surface area contributed by atoms with Gasteiger partial charge in [-0.1, -0.05) is 13.8 Å². The minimum absolute atomic E-state index is 0.769. The maximum absolute atomic E-state index is 2.48. The first-order valence-corrected chi connectivity index (χ1v) is 4.21. The summed E-state index contributed by atoms with van der Waals surface area (Å²) in [5.41, 5.74) is 0.769. The lowest BCUT2D eigenvalue weighted by atomic mass is 9.78. The highest BCUT2D eigenvalue weighted by Gasteiger charge is 2.46. The van der Waals surface area contributed by atoms with Crippen molar-refractivity contribution < 1.29 is 0 Å². The maximum atomic E-state index is 2.48. The van der Waals surface area contributed by atoms with Crippen molar-refractivity contribution in [3.63, 3.8) is 0 Å². The largest absolute Gasteiger partial charge is 0.0620 e. The van der Waals surface area contributed by atoms with Crippen molar-refractivity contribution in [2.24, 2.45) is 17.3 Å². The summed E-state index contributed by atoms with van der Waals surface area (Å²) in [6.45, 7) is 4.91. The first-order chi connectivity index (χ1) is 4.21. The minimum Gasteiger partial charge on any atom is -0.0620 e. The Balaban J connectivity index is 2.22. The smallest absolute Gasteiger partial charge is 0.0297 e. The standard InChI is InChI=1S/C9H16/c1-7-5-8-3-4-9(7,2)6-8/h7-8H,3-6H2,1-2H3/t7-,8+,9+/m0/s1. The molecule has 2 bridgehead atoms. The van der Waals surface area contributed by atoms with Crippen molar-refractivity contribution in [2.75, 3.05) is 0 Å². The van der Waals surface area contributed by atoms with Crippen LogP contribution in [-0.2, 0) is 0 Å². The molecule has 52 valence electrons. The molecule has 0 N–H and O–H groups in total. The molecule has 2 fully saturated rings. The van der Waals surface area contributed by atoms with Gasteiger partial charge in [0.25, 0.3) is 0 Å². The highest BCUT2D eigenvalue weighted by atomic mass is 14.5. The molecule has 0 aliphatic heterocycles. The third kappa shape index (κ3) is 0.653. The summed E-state index contributed by atoms with van der Waals surface area (Å²) in [5, 5.41) is 0. The quantitative estimate of drug-likeness (QED) is 0.466. The van der Waals surface area contributed by atoms with Crippen LogP contribution in [0.1, 0.15) is 39.5 Å². The van der Waals surface area contributed by atoms with Gasteiger partial charge in [-0.25, -0.2) is 0 Å². The Bertz CT molecular complexity index is 128. The third-order valence-electron chi connectivity index (χ3n) is 3.76. The van der Waals surface area contributed by atoms with Crippen LogP contribution >= 0.6 is 0 Å². The summed E-state index contributed by atoms with van der Waals surface area (Å²) in [4.78, 5) is 0. The van der Waals surface area contributed by atoms with Crippen molar-refractivity contribution >= 4 is 0 Å². The maximum Gasteiger partial charge on any atom is -0.0297 e. The first kappa shape index (κ1) is 5.76. The van der Waals surface area contributed by atoms with Crippen LogP contribution in [-0.4, -0.2) is 0 Å². The lowest BCUT2D eigenvalue weighted by molar-refractivity contribution is 0.229. The number of hydrogen-bond acceptors (Lipinski definition) is 0. The summed E-state index contributed by atoms with van der Waals surface area (Å²) in [7, 11) is 0. The molecular weight excluding hydrogens is 108 g/mol. The predicted molar refractivity (Wildman–Crippen MR) is 39.2 cm³/mol. The van der Waals surface area contributed by atoms with Gasteiger partial charge in [-0.15, -0.1) is 0 Å². The van der Waals surface area contributed by atoms with Crippen LogP contribution in [0.15, 0.2) is 0 Å². The van der Waals surface area contributed by atoms with Crippen molar-refractivity contribution in [3.8, 4) is 0 Å². The lowest BCUT2D eigenvalue weighted by Gasteiger charge is -2.27. The topological polar surface area (TPSA) is 0 Å². The van der Waals surface area contributed by atoms with Crippen LogP contribution < -0.4 is 0 Å². The number of fused-ring (bicyclic) bond motifs is 2. The van der Waals surface area contributed by atoms with E-state index in [9.17, 15) is 0 Å². The number of hydrogen-bond donors (Lipinski definition) is 0. The Morgan fingerprint density at radius 3 is 2.44 bits per heavy atom. The van der Waals surface area contributed by atoms with Crippen LogP contribution in [0.5, 0.6) is 0 Å². The SMILES string of the molecule is C[C@H]1C[C@H]2CC[C@]1(C)C2. The fraction of sp³-hybridized carbons (Fsp3) is 1.00. The molecule has 2 aliphatic rings. The molecule has 0 heterocycles. The molecule has 0 aromatic rings. The van der Waals surface area contributed by atoms with E-state index >= 15 is 0 Å². The predicted octanol–water partition coefficient (Wildman–Crippen LogP) is 2.83. The molecule has 0 radical (unpaired) electrons. The summed E-state index contributed by atoms with van der Waals surface area (Å²) in [6.07, 6.45) is 6.10. The molecule has 0 heteroatoms. The second kappa shape index (κ2) is 1.53. The van der Waals surface area contributed by atoms with Gasteiger partial charge in [0, 0.05) is 0 Å². The fourth-order valence-electron chi connectivity index (χ4n) is 2.83. The van der Waals surface area contributed by atoms with Crippen molar-refractivity contribution in [2.45, 2.75) is 39.5 Å². The second-order valence-electron chi connectivity index (χ2n) is 4.40. The van der Waals surface area contributed by atoms with Gasteiger partial charge in [-0.2, -0.15) is 0 Å². The van der Waals surface area contributed by atoms with Gasteiger partial charge in [0.15, 0.2) is 0 Å². The molecule has 2 rings (SSSR count). The van der Waals surface area contributed by atoms with Crippen molar-refractivity contribution in [3.05, 3.63) is 0 Å². The van der Waals surface area contributed by atoms with Crippen LogP contribution in [0.4, 0.5) is 0 Å². The molecule has 0 amide bonds. The average Bonchev–Trinajstić information content (AvgIpc) is 2.22. The third-order valence-corrected chi connectivity index (χ3v) is 3.76. The first-order valence-electron chi connectivity index (χ1n) is 4.21. The van der Waals surface area contributed by atoms with Gasteiger partial charge in [0.1, 0.15) is 0 Å². The van der Waals surface area contributed by atoms with E-state index in [1.807, 2.05) is 0 Å². The summed E-state index contributed by atoms with van der Waals surface area (Å²) >= 11 is 0. The van der Waals surface area contributed by atoms with Crippen LogP contribution in [0, 0.1) is 17.3 Å². The molecule has 9 heavy (non-hydrogen) atoms. The minimum atomic E-state index is 0.769. The molecule has 2 aliphatic carbocycles. The monoisotopic (exact) mass is 124 g/mol. The van der Waals surface area contributed by atoms with E-state index in [1.54, 1.807) is 0 Å². The summed E-state index contributed by atoms with van der Waals surface area (Å²) < 4.78 is 0. The zero-order valence-electron chi connectivity index (χ0n) is 6.48. The van der Waals surface area contributed by atoms with E-state index in [-0.39, 0.29) is 0 Å². The van der Waals surface area contributed by atoms with Gasteiger partial charge < -0.3 is 0 Å². The molecule has 0 unspecified atom stereocenters. The van der Waals surface area contributed by atoms with E-state index in [0.717, 1.165) is 17.3 Å². The normalized spacial score (nSPS) is 56.7. The van der Waals surface area contributed by atoms with E-state index < -0.39 is 0 Å². The van der Waals surface area contributed by atoms with Crippen molar-refractivity contribution in [1.82, 2.24) is 0 Å². The molecule has 2 saturated carbocycles. The Morgan fingerprint density at radius 1 is 1.44 bits per heavy atom. The molecular formula is C9H16. The van der Waals surface area contributed by atoms with Gasteiger partial charge in [0.05, 0.1) is 0 Å². The average molecular weight is 124 g/mol. The van der Waals surface area contributed by atoms with Gasteiger partial charge in [-0.05, 0) is 42.9 Å². The molecule has 0 aromatic carbocycles. The van der Waals surface area contributed by atoms with E-state index in [0.29, 0.717) is 0 Å². The Labute approximate surface area is 57.6 Å². The van der Waals surface area contributed by atoms with Crippen LogP contribution in [0.25, 0.3) is 0 Å². The second-order valence-corrected chi connectivity index (χ2v) is 4.40. The van der Waals surface area contributed by atoms with Gasteiger partial charge in [0.2, 0.25) is 0 Å². The summed E-state index contributed by atoms with van der Waals surface area (Å²) in [6, 6.07) is 0. The van der Waals surface area contributed by atoms with E-state index in [1.165, 1.54) is 25.7 Å². The highest BCUT2D eigenvalue weighted by molar-refractivity contribution is 4.96. The van der Waals surface area contributed by atoms with Crippen molar-refractivity contribution in [1.29, 1.82) is 0 Å². The number of rotatable bonds is 0. The summed E-state index contributed by atoms with van der Waals surface area (Å²) in [5.74, 6) is 2.14. The molecule has 3 atom stereocenters. The van der Waals surface area contributed by atoms with E-state index in [4.69, 9.17) is 0 Å². The lowest BCUT2D eigenvalue weighted by Crippen LogP contribution is -2.18.